The fourth-order valence-electron chi connectivity index (χ4n) is 2.78. The zero-order valence-corrected chi connectivity index (χ0v) is 14.5. The standard InChI is InChI=1S/C13H24N4O2S.ClH/c1-10-13(11(2)17(3)16-10)20(18,19)15-8-6-12-5-4-7-14-9-12;/h12,14-15H,4-9H2,1-3H3;1H. The molecule has 0 aliphatic carbocycles. The molecule has 1 fully saturated rings. The first-order valence-electron chi connectivity index (χ1n) is 7.12. The minimum absolute atomic E-state index is 0. The van der Waals surface area contributed by atoms with Crippen molar-refractivity contribution >= 4 is 22.4 Å². The molecule has 0 saturated carbocycles. The summed E-state index contributed by atoms with van der Waals surface area (Å²) in [5, 5.41) is 7.51. The van der Waals surface area contributed by atoms with E-state index < -0.39 is 10.0 Å². The maximum absolute atomic E-state index is 12.3. The zero-order valence-electron chi connectivity index (χ0n) is 12.8. The molecule has 0 amide bonds. The van der Waals surface area contributed by atoms with Crippen molar-refractivity contribution in [3.05, 3.63) is 11.4 Å². The Hall–Kier alpha value is -0.630. The van der Waals surface area contributed by atoms with Crippen molar-refractivity contribution in [1.82, 2.24) is 19.8 Å². The Bertz CT molecular complexity index is 565. The summed E-state index contributed by atoms with van der Waals surface area (Å²) in [5.74, 6) is 0.572. The molecule has 2 rings (SSSR count). The van der Waals surface area contributed by atoms with E-state index in [0.29, 0.717) is 28.7 Å². The van der Waals surface area contributed by atoms with Crippen LogP contribution in [0.4, 0.5) is 0 Å². The van der Waals surface area contributed by atoms with Gasteiger partial charge in [0.15, 0.2) is 0 Å². The quantitative estimate of drug-likeness (QED) is 0.845. The molecule has 1 aromatic rings. The number of piperidine rings is 1. The fraction of sp³-hybridized carbons (Fsp3) is 0.769. The first kappa shape index (κ1) is 18.4. The molecule has 1 unspecified atom stereocenters. The van der Waals surface area contributed by atoms with Gasteiger partial charge in [-0.2, -0.15) is 5.10 Å². The minimum atomic E-state index is -3.46. The lowest BCUT2D eigenvalue weighted by Gasteiger charge is -2.22. The maximum atomic E-state index is 12.3. The SMILES string of the molecule is Cc1nn(C)c(C)c1S(=O)(=O)NCCC1CCCNC1.Cl. The Kier molecular flexibility index (Phi) is 6.65. The molecule has 2 N–H and O–H groups in total. The summed E-state index contributed by atoms with van der Waals surface area (Å²) in [6.45, 7) is 6.07. The molecule has 1 aliphatic heterocycles. The zero-order chi connectivity index (χ0) is 14.8. The molecule has 6 nitrogen and oxygen atoms in total. The molecule has 1 atom stereocenters. The number of sulfonamides is 1. The van der Waals surface area contributed by atoms with E-state index in [1.165, 1.54) is 12.8 Å². The van der Waals surface area contributed by atoms with Crippen molar-refractivity contribution in [3.8, 4) is 0 Å². The lowest BCUT2D eigenvalue weighted by atomic mass is 9.96. The highest BCUT2D eigenvalue weighted by molar-refractivity contribution is 7.89. The number of nitrogens with zero attached hydrogens (tertiary/aromatic N) is 2. The van der Waals surface area contributed by atoms with Gasteiger partial charge in [-0.1, -0.05) is 0 Å². The number of hydrogen-bond acceptors (Lipinski definition) is 4. The molecule has 21 heavy (non-hydrogen) atoms. The fourth-order valence-corrected chi connectivity index (χ4v) is 4.26. The van der Waals surface area contributed by atoms with Gasteiger partial charge in [0.05, 0.1) is 11.4 Å². The molecule has 0 radical (unpaired) electrons. The number of halogens is 1. The Morgan fingerprint density at radius 1 is 1.43 bits per heavy atom. The van der Waals surface area contributed by atoms with Crippen molar-refractivity contribution in [2.75, 3.05) is 19.6 Å². The van der Waals surface area contributed by atoms with Gasteiger partial charge in [0, 0.05) is 13.6 Å². The number of hydrogen-bond donors (Lipinski definition) is 2. The minimum Gasteiger partial charge on any atom is -0.316 e. The van der Waals surface area contributed by atoms with Crippen molar-refractivity contribution in [2.45, 2.75) is 38.0 Å². The van der Waals surface area contributed by atoms with Gasteiger partial charge in [-0.05, 0) is 52.1 Å². The summed E-state index contributed by atoms with van der Waals surface area (Å²) < 4.78 is 29.0. The Labute approximate surface area is 133 Å². The van der Waals surface area contributed by atoms with Gasteiger partial charge in [-0.3, -0.25) is 4.68 Å². The van der Waals surface area contributed by atoms with Crippen LogP contribution in [0.15, 0.2) is 4.90 Å². The van der Waals surface area contributed by atoms with Crippen LogP contribution >= 0.6 is 12.4 Å². The monoisotopic (exact) mass is 336 g/mol. The topological polar surface area (TPSA) is 76.0 Å². The molecule has 1 saturated heterocycles. The summed E-state index contributed by atoms with van der Waals surface area (Å²) in [7, 11) is -1.70. The molecule has 8 heteroatoms. The van der Waals surface area contributed by atoms with Crippen molar-refractivity contribution in [3.63, 3.8) is 0 Å². The second kappa shape index (κ2) is 7.58. The van der Waals surface area contributed by atoms with Crippen LogP contribution in [-0.2, 0) is 17.1 Å². The first-order chi connectivity index (χ1) is 9.42. The number of nitrogens with one attached hydrogen (secondary N) is 2. The van der Waals surface area contributed by atoms with Gasteiger partial charge in [-0.25, -0.2) is 13.1 Å². The first-order valence-corrected chi connectivity index (χ1v) is 8.60. The van der Waals surface area contributed by atoms with E-state index in [9.17, 15) is 8.42 Å². The van der Waals surface area contributed by atoms with Crippen LogP contribution in [0.5, 0.6) is 0 Å². The van der Waals surface area contributed by atoms with Crippen LogP contribution < -0.4 is 10.0 Å². The van der Waals surface area contributed by atoms with Crippen LogP contribution in [0.25, 0.3) is 0 Å². The van der Waals surface area contributed by atoms with Gasteiger partial charge in [-0.15, -0.1) is 12.4 Å². The molecular weight excluding hydrogens is 312 g/mol. The lowest BCUT2D eigenvalue weighted by molar-refractivity contribution is 0.358. The summed E-state index contributed by atoms with van der Waals surface area (Å²) in [5.41, 5.74) is 1.23. The van der Waals surface area contributed by atoms with Gasteiger partial charge in [0.2, 0.25) is 10.0 Å². The van der Waals surface area contributed by atoms with E-state index in [4.69, 9.17) is 0 Å². The number of aryl methyl sites for hydroxylation is 2. The molecule has 1 aromatic heterocycles. The van der Waals surface area contributed by atoms with E-state index in [1.807, 2.05) is 0 Å². The third-order valence-corrected chi connectivity index (χ3v) is 5.67. The Morgan fingerprint density at radius 3 is 2.67 bits per heavy atom. The van der Waals surface area contributed by atoms with Crippen LogP contribution in [0, 0.1) is 19.8 Å². The van der Waals surface area contributed by atoms with E-state index in [-0.39, 0.29) is 12.4 Å². The molecule has 0 bridgehead atoms. The van der Waals surface area contributed by atoms with E-state index in [1.54, 1.807) is 25.6 Å². The van der Waals surface area contributed by atoms with Crippen LogP contribution in [0.1, 0.15) is 30.7 Å². The summed E-state index contributed by atoms with van der Waals surface area (Å²) in [4.78, 5) is 0.321. The Morgan fingerprint density at radius 2 is 2.14 bits per heavy atom. The van der Waals surface area contributed by atoms with Crippen LogP contribution in [0.2, 0.25) is 0 Å². The van der Waals surface area contributed by atoms with E-state index in [0.717, 1.165) is 19.5 Å². The van der Waals surface area contributed by atoms with Crippen molar-refractivity contribution in [2.24, 2.45) is 13.0 Å². The maximum Gasteiger partial charge on any atom is 0.244 e. The van der Waals surface area contributed by atoms with Gasteiger partial charge in [0.1, 0.15) is 4.90 Å². The number of rotatable bonds is 5. The molecule has 0 spiro atoms. The van der Waals surface area contributed by atoms with E-state index >= 15 is 0 Å². The van der Waals surface area contributed by atoms with Crippen molar-refractivity contribution in [1.29, 1.82) is 0 Å². The third kappa shape index (κ3) is 4.42. The molecule has 2 heterocycles. The highest BCUT2D eigenvalue weighted by Crippen LogP contribution is 2.19. The lowest BCUT2D eigenvalue weighted by Crippen LogP contribution is -2.33. The van der Waals surface area contributed by atoms with Crippen LogP contribution in [0.3, 0.4) is 0 Å². The summed E-state index contributed by atoms with van der Waals surface area (Å²) in [6, 6.07) is 0. The summed E-state index contributed by atoms with van der Waals surface area (Å²) >= 11 is 0. The van der Waals surface area contributed by atoms with Gasteiger partial charge >= 0.3 is 0 Å². The Balaban J connectivity index is 0.00000220. The normalized spacial score (nSPS) is 19.3. The molecule has 0 aromatic carbocycles. The van der Waals surface area contributed by atoms with Crippen molar-refractivity contribution < 1.29 is 8.42 Å². The van der Waals surface area contributed by atoms with Crippen LogP contribution in [-0.4, -0.2) is 37.8 Å². The largest absolute Gasteiger partial charge is 0.316 e. The molecular formula is C13H25ClN4O2S. The van der Waals surface area contributed by atoms with Gasteiger partial charge < -0.3 is 5.32 Å². The molecule has 122 valence electrons. The summed E-state index contributed by atoms with van der Waals surface area (Å²) in [6.07, 6.45) is 3.24. The molecule has 1 aliphatic rings. The second-order valence-corrected chi connectivity index (χ2v) is 7.23. The highest BCUT2D eigenvalue weighted by atomic mass is 35.5. The van der Waals surface area contributed by atoms with E-state index in [2.05, 4.69) is 15.1 Å². The highest BCUT2D eigenvalue weighted by Gasteiger charge is 2.23. The predicted octanol–water partition coefficient (Wildman–Crippen LogP) is 1.13. The number of aromatic nitrogens is 2. The second-order valence-electron chi connectivity index (χ2n) is 5.52. The predicted molar refractivity (Wildman–Crippen MR) is 85.3 cm³/mol. The van der Waals surface area contributed by atoms with Gasteiger partial charge in [0.25, 0.3) is 0 Å². The third-order valence-electron chi connectivity index (χ3n) is 3.95. The average Bonchev–Trinajstić information content (AvgIpc) is 2.64. The smallest absolute Gasteiger partial charge is 0.244 e. The average molecular weight is 337 g/mol.